The van der Waals surface area contributed by atoms with Gasteiger partial charge in [0.2, 0.25) is 5.89 Å². The first-order valence-corrected chi connectivity index (χ1v) is 5.91. The Bertz CT molecular complexity index is 452. The lowest BCUT2D eigenvalue weighted by molar-refractivity contribution is 0.497. The van der Waals surface area contributed by atoms with Gasteiger partial charge in [0.25, 0.3) is 5.89 Å². The van der Waals surface area contributed by atoms with Gasteiger partial charge in [-0.05, 0) is 25.0 Å². The van der Waals surface area contributed by atoms with Crippen molar-refractivity contribution in [2.45, 2.75) is 20.3 Å². The van der Waals surface area contributed by atoms with Crippen LogP contribution in [-0.2, 0) is 6.42 Å². The highest BCUT2D eigenvalue weighted by Crippen LogP contribution is 2.23. The zero-order valence-electron chi connectivity index (χ0n) is 9.23. The van der Waals surface area contributed by atoms with Crippen molar-refractivity contribution in [2.24, 2.45) is 0 Å². The van der Waals surface area contributed by atoms with E-state index in [2.05, 4.69) is 32.0 Å². The third-order valence-corrected chi connectivity index (χ3v) is 2.89. The number of nitrogens with one attached hydrogen (secondary N) is 1. The van der Waals surface area contributed by atoms with Crippen LogP contribution in [0.15, 0.2) is 4.42 Å². The SMILES string of the molecule is CCNCCc1nnc(-c2snnc2C)o1. The van der Waals surface area contributed by atoms with Gasteiger partial charge in [-0.2, -0.15) is 0 Å². The Kier molecular flexibility index (Phi) is 3.58. The Labute approximate surface area is 97.3 Å². The second-order valence-electron chi connectivity index (χ2n) is 3.29. The molecule has 0 saturated heterocycles. The van der Waals surface area contributed by atoms with Crippen LogP contribution in [0.5, 0.6) is 0 Å². The largest absolute Gasteiger partial charge is 0.420 e. The first-order chi connectivity index (χ1) is 7.81. The number of hydrogen-bond acceptors (Lipinski definition) is 7. The molecule has 0 radical (unpaired) electrons. The highest BCUT2D eigenvalue weighted by Gasteiger charge is 2.13. The topological polar surface area (TPSA) is 76.7 Å². The minimum Gasteiger partial charge on any atom is -0.420 e. The molecule has 0 spiro atoms. The summed E-state index contributed by atoms with van der Waals surface area (Å²) in [6, 6.07) is 0. The van der Waals surface area contributed by atoms with Gasteiger partial charge in [0.15, 0.2) is 0 Å². The molecule has 0 atom stereocenters. The van der Waals surface area contributed by atoms with Gasteiger partial charge in [-0.3, -0.25) is 0 Å². The summed E-state index contributed by atoms with van der Waals surface area (Å²) in [5.41, 5.74) is 0.826. The van der Waals surface area contributed by atoms with Crippen LogP contribution < -0.4 is 5.32 Å². The van der Waals surface area contributed by atoms with Crippen LogP contribution in [0.3, 0.4) is 0 Å². The van der Waals surface area contributed by atoms with E-state index in [9.17, 15) is 0 Å². The van der Waals surface area contributed by atoms with E-state index >= 15 is 0 Å². The summed E-state index contributed by atoms with van der Waals surface area (Å²) >= 11 is 1.27. The fraction of sp³-hybridized carbons (Fsp3) is 0.556. The lowest BCUT2D eigenvalue weighted by atomic mass is 10.4. The average Bonchev–Trinajstić information content (AvgIpc) is 2.87. The molecule has 0 bridgehead atoms. The summed E-state index contributed by atoms with van der Waals surface area (Å²) < 4.78 is 9.36. The molecule has 0 unspecified atom stereocenters. The lowest BCUT2D eigenvalue weighted by Gasteiger charge is -1.95. The van der Waals surface area contributed by atoms with E-state index < -0.39 is 0 Å². The van der Waals surface area contributed by atoms with Gasteiger partial charge in [0.05, 0.1) is 5.69 Å². The van der Waals surface area contributed by atoms with Crippen molar-refractivity contribution in [3.63, 3.8) is 0 Å². The van der Waals surface area contributed by atoms with Crippen LogP contribution in [-0.4, -0.2) is 32.9 Å². The van der Waals surface area contributed by atoms with Gasteiger partial charge < -0.3 is 9.73 Å². The maximum Gasteiger partial charge on any atom is 0.261 e. The summed E-state index contributed by atoms with van der Waals surface area (Å²) in [5.74, 6) is 1.16. The van der Waals surface area contributed by atoms with Crippen LogP contribution in [0, 0.1) is 6.92 Å². The zero-order chi connectivity index (χ0) is 11.4. The smallest absolute Gasteiger partial charge is 0.261 e. The van der Waals surface area contributed by atoms with E-state index in [1.54, 1.807) is 0 Å². The van der Waals surface area contributed by atoms with Crippen molar-refractivity contribution >= 4 is 11.5 Å². The third-order valence-electron chi connectivity index (χ3n) is 2.08. The molecule has 0 saturated carbocycles. The second kappa shape index (κ2) is 5.13. The highest BCUT2D eigenvalue weighted by molar-refractivity contribution is 7.09. The molecule has 2 rings (SSSR count). The Morgan fingerprint density at radius 3 is 2.88 bits per heavy atom. The van der Waals surface area contributed by atoms with Gasteiger partial charge in [-0.25, -0.2) is 0 Å². The summed E-state index contributed by atoms with van der Waals surface area (Å²) in [6.45, 7) is 5.73. The molecule has 2 aromatic heterocycles. The molecule has 2 aromatic rings. The highest BCUT2D eigenvalue weighted by atomic mass is 32.1. The summed E-state index contributed by atoms with van der Waals surface area (Å²) in [7, 11) is 0. The molecular formula is C9H13N5OS. The number of rotatable bonds is 5. The van der Waals surface area contributed by atoms with E-state index in [4.69, 9.17) is 4.42 Å². The van der Waals surface area contributed by atoms with Crippen molar-refractivity contribution in [3.8, 4) is 10.8 Å². The summed E-state index contributed by atoms with van der Waals surface area (Å²) in [6.07, 6.45) is 0.742. The Morgan fingerprint density at radius 2 is 2.19 bits per heavy atom. The molecule has 7 heteroatoms. The van der Waals surface area contributed by atoms with E-state index in [-0.39, 0.29) is 0 Å². The Balaban J connectivity index is 2.05. The summed E-state index contributed by atoms with van der Waals surface area (Å²) in [5, 5.41) is 15.1. The van der Waals surface area contributed by atoms with Gasteiger partial charge >= 0.3 is 0 Å². The molecule has 0 aliphatic carbocycles. The fourth-order valence-electron chi connectivity index (χ4n) is 1.25. The molecule has 0 aromatic carbocycles. The van der Waals surface area contributed by atoms with E-state index in [0.29, 0.717) is 11.8 Å². The molecule has 0 aliphatic rings. The van der Waals surface area contributed by atoms with E-state index in [1.165, 1.54) is 11.5 Å². The Hall–Kier alpha value is -1.34. The van der Waals surface area contributed by atoms with Gasteiger partial charge in [-0.1, -0.05) is 11.4 Å². The van der Waals surface area contributed by atoms with E-state index in [0.717, 1.165) is 30.1 Å². The first-order valence-electron chi connectivity index (χ1n) is 5.13. The van der Waals surface area contributed by atoms with Crippen LogP contribution in [0.2, 0.25) is 0 Å². The molecule has 0 amide bonds. The van der Waals surface area contributed by atoms with E-state index in [1.807, 2.05) is 6.92 Å². The average molecular weight is 239 g/mol. The number of aryl methyl sites for hydroxylation is 1. The van der Waals surface area contributed by atoms with Crippen molar-refractivity contribution in [1.82, 2.24) is 25.1 Å². The molecule has 1 N–H and O–H groups in total. The van der Waals surface area contributed by atoms with Crippen molar-refractivity contribution in [1.29, 1.82) is 0 Å². The van der Waals surface area contributed by atoms with Crippen molar-refractivity contribution in [2.75, 3.05) is 13.1 Å². The van der Waals surface area contributed by atoms with Gasteiger partial charge in [0.1, 0.15) is 4.88 Å². The predicted molar refractivity (Wildman–Crippen MR) is 60.2 cm³/mol. The molecular weight excluding hydrogens is 226 g/mol. The lowest BCUT2D eigenvalue weighted by Crippen LogP contribution is -2.16. The van der Waals surface area contributed by atoms with Crippen molar-refractivity contribution < 1.29 is 4.42 Å². The van der Waals surface area contributed by atoms with Crippen molar-refractivity contribution in [3.05, 3.63) is 11.6 Å². The zero-order valence-corrected chi connectivity index (χ0v) is 10.0. The van der Waals surface area contributed by atoms with Crippen LogP contribution >= 0.6 is 11.5 Å². The monoisotopic (exact) mass is 239 g/mol. The quantitative estimate of drug-likeness (QED) is 0.786. The van der Waals surface area contributed by atoms with Gasteiger partial charge in [0, 0.05) is 13.0 Å². The van der Waals surface area contributed by atoms with Crippen LogP contribution in [0.25, 0.3) is 10.8 Å². The minimum absolute atomic E-state index is 0.513. The number of aromatic nitrogens is 4. The molecule has 6 nitrogen and oxygen atoms in total. The number of hydrogen-bond donors (Lipinski definition) is 1. The first kappa shape index (κ1) is 11.2. The predicted octanol–water partition coefficient (Wildman–Crippen LogP) is 1.05. The molecule has 0 aliphatic heterocycles. The molecule has 86 valence electrons. The molecule has 0 fully saturated rings. The maximum absolute atomic E-state index is 5.52. The van der Waals surface area contributed by atoms with Crippen LogP contribution in [0.1, 0.15) is 18.5 Å². The fourth-order valence-corrected chi connectivity index (χ4v) is 1.82. The van der Waals surface area contributed by atoms with Crippen LogP contribution in [0.4, 0.5) is 0 Å². The normalized spacial score (nSPS) is 10.9. The maximum atomic E-state index is 5.52. The minimum atomic E-state index is 0.513. The number of nitrogens with zero attached hydrogens (tertiary/aromatic N) is 4. The molecule has 16 heavy (non-hydrogen) atoms. The standard InChI is InChI=1S/C9H13N5OS/c1-3-10-5-4-7-12-13-9(15-7)8-6(2)11-14-16-8/h10H,3-5H2,1-2H3. The van der Waals surface area contributed by atoms with Gasteiger partial charge in [-0.15, -0.1) is 15.3 Å². The number of likely N-dealkylation sites (N-methyl/N-ethyl adjacent to an activating group) is 1. The summed E-state index contributed by atoms with van der Waals surface area (Å²) in [4.78, 5) is 0.849. The molecule has 2 heterocycles. The Morgan fingerprint density at radius 1 is 1.31 bits per heavy atom. The second-order valence-corrected chi connectivity index (χ2v) is 4.05. The third kappa shape index (κ3) is 2.42.